The maximum atomic E-state index is 6.08. The van der Waals surface area contributed by atoms with Gasteiger partial charge in [-0.1, -0.05) is 60.7 Å². The maximum Gasteiger partial charge on any atom is 0.127 e. The van der Waals surface area contributed by atoms with Crippen LogP contribution in [0.1, 0.15) is 44.5 Å². The molecular weight excluding hydrogens is 376 g/mol. The van der Waals surface area contributed by atoms with Crippen LogP contribution in [0.3, 0.4) is 0 Å². The Hall–Kier alpha value is -3.32. The van der Waals surface area contributed by atoms with Gasteiger partial charge >= 0.3 is 0 Å². The molecule has 2 aliphatic carbocycles. The van der Waals surface area contributed by atoms with Gasteiger partial charge in [0.2, 0.25) is 0 Å². The molecular formula is C30H26O. The van der Waals surface area contributed by atoms with E-state index >= 15 is 0 Å². The van der Waals surface area contributed by atoms with E-state index in [1.165, 1.54) is 70.2 Å². The lowest BCUT2D eigenvalue weighted by Crippen LogP contribution is -2.08. The van der Waals surface area contributed by atoms with E-state index in [4.69, 9.17) is 4.74 Å². The third-order valence-corrected chi connectivity index (χ3v) is 6.77. The molecule has 0 atom stereocenters. The van der Waals surface area contributed by atoms with Crippen molar-refractivity contribution in [3.05, 3.63) is 129 Å². The number of hydrogen-bond acceptors (Lipinski definition) is 1. The quantitative estimate of drug-likeness (QED) is 0.342. The molecule has 4 aromatic rings. The van der Waals surface area contributed by atoms with Crippen LogP contribution in [-0.2, 0) is 38.5 Å². The van der Waals surface area contributed by atoms with Gasteiger partial charge in [-0.15, -0.1) is 0 Å². The van der Waals surface area contributed by atoms with Crippen molar-refractivity contribution in [2.75, 3.05) is 0 Å². The van der Waals surface area contributed by atoms with Crippen LogP contribution in [0.4, 0.5) is 0 Å². The topological polar surface area (TPSA) is 9.23 Å². The van der Waals surface area contributed by atoms with Crippen molar-refractivity contribution < 1.29 is 4.74 Å². The van der Waals surface area contributed by atoms with E-state index in [0.717, 1.165) is 24.3 Å². The first kappa shape index (κ1) is 18.4. The summed E-state index contributed by atoms with van der Waals surface area (Å²) in [5.74, 6) is 1.77. The SMILES string of the molecule is c1cc(Oc2ccc(Cc3ccc4c(c3)CC4)cc2)ccc1Cc1ccc2c(c1)CC2. The van der Waals surface area contributed by atoms with Crippen LogP contribution >= 0.6 is 0 Å². The maximum absolute atomic E-state index is 6.08. The van der Waals surface area contributed by atoms with E-state index in [-0.39, 0.29) is 0 Å². The molecule has 6 rings (SSSR count). The highest BCUT2D eigenvalue weighted by atomic mass is 16.5. The van der Waals surface area contributed by atoms with Crippen molar-refractivity contribution in [1.82, 2.24) is 0 Å². The van der Waals surface area contributed by atoms with E-state index in [1.54, 1.807) is 0 Å². The second kappa shape index (κ2) is 7.74. The third kappa shape index (κ3) is 3.88. The molecule has 1 nitrogen and oxygen atoms in total. The van der Waals surface area contributed by atoms with Crippen molar-refractivity contribution in [1.29, 1.82) is 0 Å². The van der Waals surface area contributed by atoms with Gasteiger partial charge < -0.3 is 4.74 Å². The lowest BCUT2D eigenvalue weighted by molar-refractivity contribution is 0.482. The molecule has 0 aromatic heterocycles. The van der Waals surface area contributed by atoms with Crippen LogP contribution < -0.4 is 4.74 Å². The molecule has 2 aliphatic rings. The standard InChI is InChI=1S/C30H26O/c1-7-25-9-11-27(25)19-23(1)17-21-3-13-29(14-4-21)31-30-15-5-22(6-16-30)18-24-2-8-26-10-12-28(26)20-24/h1-8,13-16,19-20H,9-12,17-18H2. The zero-order valence-corrected chi connectivity index (χ0v) is 17.7. The van der Waals surface area contributed by atoms with E-state index < -0.39 is 0 Å². The van der Waals surface area contributed by atoms with Gasteiger partial charge in [-0.05, 0) is 107 Å². The van der Waals surface area contributed by atoms with E-state index in [2.05, 4.69) is 84.9 Å². The summed E-state index contributed by atoms with van der Waals surface area (Å²) >= 11 is 0. The molecule has 0 heterocycles. The highest BCUT2D eigenvalue weighted by Gasteiger charge is 2.13. The van der Waals surface area contributed by atoms with Crippen LogP contribution in [0.2, 0.25) is 0 Å². The number of fused-ring (bicyclic) bond motifs is 2. The highest BCUT2D eigenvalue weighted by Crippen LogP contribution is 2.27. The van der Waals surface area contributed by atoms with Crippen molar-refractivity contribution in [3.8, 4) is 11.5 Å². The number of ether oxygens (including phenoxy) is 1. The number of aryl methyl sites for hydroxylation is 4. The fourth-order valence-electron chi connectivity index (χ4n) is 4.67. The molecule has 0 amide bonds. The smallest absolute Gasteiger partial charge is 0.127 e. The number of rotatable bonds is 6. The number of hydrogen-bond donors (Lipinski definition) is 0. The van der Waals surface area contributed by atoms with E-state index in [1.807, 2.05) is 0 Å². The summed E-state index contributed by atoms with van der Waals surface area (Å²) in [6, 6.07) is 30.9. The molecule has 31 heavy (non-hydrogen) atoms. The summed E-state index contributed by atoms with van der Waals surface area (Å²) in [5, 5.41) is 0. The van der Waals surface area contributed by atoms with Gasteiger partial charge in [0.05, 0.1) is 0 Å². The van der Waals surface area contributed by atoms with Crippen LogP contribution in [0.15, 0.2) is 84.9 Å². The molecule has 0 spiro atoms. The van der Waals surface area contributed by atoms with Gasteiger partial charge in [0, 0.05) is 0 Å². The summed E-state index contributed by atoms with van der Waals surface area (Å²) in [6.07, 6.45) is 6.92. The first-order valence-electron chi connectivity index (χ1n) is 11.4. The molecule has 0 N–H and O–H groups in total. The van der Waals surface area contributed by atoms with Crippen LogP contribution in [0.25, 0.3) is 0 Å². The minimum absolute atomic E-state index is 0.885. The third-order valence-electron chi connectivity index (χ3n) is 6.77. The predicted octanol–water partition coefficient (Wildman–Crippen LogP) is 6.86. The van der Waals surface area contributed by atoms with Gasteiger partial charge in [0.15, 0.2) is 0 Å². The summed E-state index contributed by atoms with van der Waals surface area (Å²) < 4.78 is 6.08. The lowest BCUT2D eigenvalue weighted by atomic mass is 9.86. The Balaban J connectivity index is 1.08. The Bertz CT molecular complexity index is 1130. The van der Waals surface area contributed by atoms with Gasteiger partial charge in [-0.2, -0.15) is 0 Å². The van der Waals surface area contributed by atoms with Gasteiger partial charge in [-0.25, -0.2) is 0 Å². The fourth-order valence-corrected chi connectivity index (χ4v) is 4.67. The Kier molecular flexibility index (Phi) is 4.61. The molecule has 0 bridgehead atoms. The van der Waals surface area contributed by atoms with Gasteiger partial charge in [-0.3, -0.25) is 0 Å². The molecule has 0 saturated carbocycles. The summed E-state index contributed by atoms with van der Waals surface area (Å²) in [4.78, 5) is 0. The second-order valence-electron chi connectivity index (χ2n) is 8.95. The normalized spacial score (nSPS) is 13.5. The van der Waals surface area contributed by atoms with Crippen molar-refractivity contribution in [3.63, 3.8) is 0 Å². The predicted molar refractivity (Wildman–Crippen MR) is 126 cm³/mol. The molecule has 0 fully saturated rings. The monoisotopic (exact) mass is 402 g/mol. The summed E-state index contributed by atoms with van der Waals surface area (Å²) in [5.41, 5.74) is 11.5. The Morgan fingerprint density at radius 1 is 0.419 bits per heavy atom. The highest BCUT2D eigenvalue weighted by molar-refractivity contribution is 5.43. The average molecular weight is 403 g/mol. The zero-order chi connectivity index (χ0) is 20.6. The van der Waals surface area contributed by atoms with Crippen molar-refractivity contribution in [2.45, 2.75) is 38.5 Å². The molecule has 0 saturated heterocycles. The van der Waals surface area contributed by atoms with Crippen molar-refractivity contribution >= 4 is 0 Å². The molecule has 0 aliphatic heterocycles. The van der Waals surface area contributed by atoms with Crippen LogP contribution in [0, 0.1) is 0 Å². The van der Waals surface area contributed by atoms with E-state index in [0.29, 0.717) is 0 Å². The number of benzene rings is 4. The molecule has 0 unspecified atom stereocenters. The van der Waals surface area contributed by atoms with Gasteiger partial charge in [0.25, 0.3) is 0 Å². The first-order valence-corrected chi connectivity index (χ1v) is 11.4. The molecule has 0 radical (unpaired) electrons. The molecule has 152 valence electrons. The van der Waals surface area contributed by atoms with Crippen LogP contribution in [0.5, 0.6) is 11.5 Å². The lowest BCUT2D eigenvalue weighted by Gasteiger charge is -2.19. The second-order valence-corrected chi connectivity index (χ2v) is 8.95. The molecule has 4 aromatic carbocycles. The Morgan fingerprint density at radius 2 is 0.806 bits per heavy atom. The average Bonchev–Trinajstić information content (AvgIpc) is 2.75. The minimum atomic E-state index is 0.885. The van der Waals surface area contributed by atoms with Gasteiger partial charge in [0.1, 0.15) is 11.5 Å². The largest absolute Gasteiger partial charge is 0.457 e. The van der Waals surface area contributed by atoms with Crippen molar-refractivity contribution in [2.24, 2.45) is 0 Å². The summed E-state index contributed by atoms with van der Waals surface area (Å²) in [6.45, 7) is 0. The van der Waals surface area contributed by atoms with E-state index in [9.17, 15) is 0 Å². The van der Waals surface area contributed by atoms with Crippen LogP contribution in [-0.4, -0.2) is 0 Å². The minimum Gasteiger partial charge on any atom is -0.457 e. The Morgan fingerprint density at radius 3 is 1.16 bits per heavy atom. The molecule has 1 heteroatoms. The summed E-state index contributed by atoms with van der Waals surface area (Å²) in [7, 11) is 0. The Labute approximate surface area is 184 Å². The zero-order valence-electron chi connectivity index (χ0n) is 17.7. The first-order chi connectivity index (χ1) is 15.3. The fraction of sp³-hybridized carbons (Fsp3) is 0.200.